The largest absolute Gasteiger partial charge is 0.371 e. The van der Waals surface area contributed by atoms with Crippen LogP contribution in [0.25, 0.3) is 10.1 Å². The minimum Gasteiger partial charge on any atom is -0.371 e. The number of amides is 2. The number of hydrogen-bond acceptors (Lipinski definition) is 7. The highest BCUT2D eigenvalue weighted by Crippen LogP contribution is 2.28. The number of carbonyl (C=O) groups is 2. The number of aryl methyl sites for hydroxylation is 1. The van der Waals surface area contributed by atoms with Crippen molar-refractivity contribution in [2.24, 2.45) is 0 Å². The maximum absolute atomic E-state index is 12.9. The third-order valence-corrected chi connectivity index (χ3v) is 6.08. The molecular formula is C27H24N6O2S. The highest BCUT2D eigenvalue weighted by molar-refractivity contribution is 7.17. The second-order valence-electron chi connectivity index (χ2n) is 7.69. The Hall–Kier alpha value is -4.63. The summed E-state index contributed by atoms with van der Waals surface area (Å²) in [5, 5.41) is 18.7. The van der Waals surface area contributed by atoms with Crippen LogP contribution < -0.4 is 16.0 Å². The fourth-order valence-corrected chi connectivity index (χ4v) is 4.26. The summed E-state index contributed by atoms with van der Waals surface area (Å²) in [5.41, 5.74) is 2.57. The first-order chi connectivity index (χ1) is 17.5. The van der Waals surface area contributed by atoms with Gasteiger partial charge in [-0.2, -0.15) is 5.10 Å². The third kappa shape index (κ3) is 6.08. The molecule has 0 unspecified atom stereocenters. The Bertz CT molecular complexity index is 1470. The molecule has 3 N–H and O–H groups in total. The quantitative estimate of drug-likeness (QED) is 0.291. The smallest absolute Gasteiger partial charge is 0.258 e. The maximum atomic E-state index is 12.9. The van der Waals surface area contributed by atoms with Crippen LogP contribution in [-0.2, 0) is 0 Å². The van der Waals surface area contributed by atoms with Gasteiger partial charge in [-0.1, -0.05) is 54.1 Å². The second-order valence-corrected chi connectivity index (χ2v) is 8.60. The van der Waals surface area contributed by atoms with Crippen molar-refractivity contribution >= 4 is 50.6 Å². The van der Waals surface area contributed by atoms with Gasteiger partial charge in [0.25, 0.3) is 11.8 Å². The Balaban J connectivity index is 0.000000375. The number of carbonyl (C=O) groups excluding carboxylic acids is 2. The van der Waals surface area contributed by atoms with Crippen LogP contribution in [0.2, 0.25) is 0 Å². The average molecular weight is 497 g/mol. The molecule has 0 spiro atoms. The normalized spacial score (nSPS) is 10.2. The number of pyridine rings is 1. The Kier molecular flexibility index (Phi) is 7.94. The minimum absolute atomic E-state index is 0.271. The van der Waals surface area contributed by atoms with Crippen LogP contribution in [0.3, 0.4) is 0 Å². The Morgan fingerprint density at radius 1 is 0.889 bits per heavy atom. The molecule has 0 fully saturated rings. The van der Waals surface area contributed by atoms with E-state index in [4.69, 9.17) is 0 Å². The molecule has 2 aromatic carbocycles. The van der Waals surface area contributed by atoms with Crippen molar-refractivity contribution in [2.45, 2.75) is 6.92 Å². The van der Waals surface area contributed by atoms with Crippen molar-refractivity contribution in [1.29, 1.82) is 0 Å². The first-order valence-electron chi connectivity index (χ1n) is 11.1. The predicted molar refractivity (Wildman–Crippen MR) is 145 cm³/mol. The average Bonchev–Trinajstić information content (AvgIpc) is 3.34. The van der Waals surface area contributed by atoms with Crippen molar-refractivity contribution in [1.82, 2.24) is 15.2 Å². The lowest BCUT2D eigenvalue weighted by Gasteiger charge is -2.11. The van der Waals surface area contributed by atoms with Gasteiger partial charge >= 0.3 is 0 Å². The fourth-order valence-electron chi connectivity index (χ4n) is 3.32. The van der Waals surface area contributed by atoms with Gasteiger partial charge in [0.05, 0.1) is 16.8 Å². The number of nitrogens with one attached hydrogen (secondary N) is 3. The van der Waals surface area contributed by atoms with E-state index >= 15 is 0 Å². The summed E-state index contributed by atoms with van der Waals surface area (Å²) in [6.07, 6.45) is 2.94. The molecule has 0 saturated heterocycles. The predicted octanol–water partition coefficient (Wildman–Crippen LogP) is 5.63. The lowest BCUT2D eigenvalue weighted by molar-refractivity contribution is 0.101. The molecule has 0 aliphatic heterocycles. The number of hydrogen-bond donors (Lipinski definition) is 3. The Labute approximate surface area is 212 Å². The number of thiophene rings is 1. The highest BCUT2D eigenvalue weighted by atomic mass is 32.1. The molecule has 3 aromatic heterocycles. The molecule has 0 aliphatic rings. The summed E-state index contributed by atoms with van der Waals surface area (Å²) in [5.74, 6) is 0.101. The lowest BCUT2D eigenvalue weighted by Crippen LogP contribution is -2.17. The number of aromatic nitrogens is 3. The number of anilines is 3. The van der Waals surface area contributed by atoms with Crippen molar-refractivity contribution in [3.05, 3.63) is 107 Å². The van der Waals surface area contributed by atoms with Gasteiger partial charge in [0, 0.05) is 34.9 Å². The Morgan fingerprint density at radius 2 is 1.67 bits per heavy atom. The first kappa shape index (κ1) is 24.5. The van der Waals surface area contributed by atoms with Crippen molar-refractivity contribution < 1.29 is 9.59 Å². The zero-order chi connectivity index (χ0) is 25.3. The first-order valence-corrected chi connectivity index (χ1v) is 12.0. The van der Waals surface area contributed by atoms with Gasteiger partial charge in [0.2, 0.25) is 0 Å². The molecule has 9 heteroatoms. The van der Waals surface area contributed by atoms with Crippen LogP contribution in [0.5, 0.6) is 0 Å². The van der Waals surface area contributed by atoms with Gasteiger partial charge in [0.1, 0.15) is 5.82 Å². The van der Waals surface area contributed by atoms with Crippen LogP contribution in [0.15, 0.2) is 90.6 Å². The van der Waals surface area contributed by atoms with Crippen molar-refractivity contribution in [2.75, 3.05) is 23.0 Å². The SMILES string of the molecule is CNc1ncc(C(=O)Nc2cccnn2)cc1NC(=O)c1csc2ccccc12.Cc1ccccc1. The van der Waals surface area contributed by atoms with Crippen LogP contribution >= 0.6 is 11.3 Å². The van der Waals surface area contributed by atoms with E-state index in [-0.39, 0.29) is 11.5 Å². The summed E-state index contributed by atoms with van der Waals surface area (Å²) < 4.78 is 1.03. The molecule has 0 aliphatic carbocycles. The molecule has 5 rings (SSSR count). The molecule has 5 aromatic rings. The number of rotatable bonds is 5. The lowest BCUT2D eigenvalue weighted by atomic mass is 10.1. The monoisotopic (exact) mass is 496 g/mol. The summed E-state index contributed by atoms with van der Waals surface area (Å²) in [6.45, 7) is 2.08. The van der Waals surface area contributed by atoms with Gasteiger partial charge in [0.15, 0.2) is 5.82 Å². The number of benzene rings is 2. The molecule has 36 heavy (non-hydrogen) atoms. The van der Waals surface area contributed by atoms with E-state index in [9.17, 15) is 9.59 Å². The van der Waals surface area contributed by atoms with E-state index in [2.05, 4.69) is 50.2 Å². The number of fused-ring (bicyclic) bond motifs is 1. The van der Waals surface area contributed by atoms with E-state index in [0.717, 1.165) is 10.1 Å². The second kappa shape index (κ2) is 11.7. The summed E-state index contributed by atoms with van der Waals surface area (Å²) in [4.78, 5) is 29.6. The molecular weight excluding hydrogens is 472 g/mol. The summed E-state index contributed by atoms with van der Waals surface area (Å²) in [7, 11) is 1.69. The van der Waals surface area contributed by atoms with Crippen LogP contribution in [0.4, 0.5) is 17.3 Å². The van der Waals surface area contributed by atoms with Crippen LogP contribution in [0.1, 0.15) is 26.3 Å². The molecule has 0 radical (unpaired) electrons. The maximum Gasteiger partial charge on any atom is 0.258 e. The summed E-state index contributed by atoms with van der Waals surface area (Å²) in [6, 6.07) is 22.8. The number of nitrogens with zero attached hydrogens (tertiary/aromatic N) is 3. The van der Waals surface area contributed by atoms with Gasteiger partial charge in [-0.25, -0.2) is 4.98 Å². The zero-order valence-corrected chi connectivity index (χ0v) is 20.5. The molecule has 0 saturated carbocycles. The summed E-state index contributed by atoms with van der Waals surface area (Å²) >= 11 is 1.50. The molecule has 0 atom stereocenters. The van der Waals surface area contributed by atoms with Crippen molar-refractivity contribution in [3.63, 3.8) is 0 Å². The van der Waals surface area contributed by atoms with Gasteiger partial charge in [-0.3, -0.25) is 9.59 Å². The van der Waals surface area contributed by atoms with Gasteiger partial charge in [-0.15, -0.1) is 16.4 Å². The fraction of sp³-hybridized carbons (Fsp3) is 0.0741. The molecule has 2 amide bonds. The Morgan fingerprint density at radius 3 is 2.36 bits per heavy atom. The van der Waals surface area contributed by atoms with Gasteiger partial charge < -0.3 is 16.0 Å². The van der Waals surface area contributed by atoms with Crippen LogP contribution in [0, 0.1) is 6.92 Å². The molecule has 3 heterocycles. The van der Waals surface area contributed by atoms with E-state index < -0.39 is 5.91 Å². The molecule has 8 nitrogen and oxygen atoms in total. The van der Waals surface area contributed by atoms with Crippen LogP contribution in [-0.4, -0.2) is 34.0 Å². The van der Waals surface area contributed by atoms with E-state index in [1.165, 1.54) is 29.3 Å². The van der Waals surface area contributed by atoms with E-state index in [0.29, 0.717) is 22.9 Å². The van der Waals surface area contributed by atoms with Crippen molar-refractivity contribution in [3.8, 4) is 0 Å². The van der Waals surface area contributed by atoms with Gasteiger partial charge in [-0.05, 0) is 31.2 Å². The highest BCUT2D eigenvalue weighted by Gasteiger charge is 2.16. The topological polar surface area (TPSA) is 109 Å². The van der Waals surface area contributed by atoms with E-state index in [1.807, 2.05) is 47.8 Å². The zero-order valence-electron chi connectivity index (χ0n) is 19.7. The molecule has 0 bridgehead atoms. The standard InChI is InChI=1S/C20H16N6O2S.C7H8/c1-21-18-15(24-20(28)14-11-29-16-6-3-2-5-13(14)16)9-12(10-22-18)19(27)25-17-7-4-8-23-26-17;1-7-5-3-2-4-6-7/h2-11H,1H3,(H,21,22)(H,24,28)(H,25,26,27);2-6H,1H3. The van der Waals surface area contributed by atoms with E-state index in [1.54, 1.807) is 25.2 Å². The minimum atomic E-state index is -0.405. The molecule has 180 valence electrons. The third-order valence-electron chi connectivity index (χ3n) is 5.11.